The van der Waals surface area contributed by atoms with E-state index in [0.717, 1.165) is 17.9 Å². The van der Waals surface area contributed by atoms with Crippen LogP contribution in [0.5, 0.6) is 0 Å². The molecule has 3 nitrogen and oxygen atoms in total. The van der Waals surface area contributed by atoms with Crippen molar-refractivity contribution < 1.29 is 4.79 Å². The highest BCUT2D eigenvalue weighted by atomic mass is 16.1. The Morgan fingerprint density at radius 1 is 1.14 bits per heavy atom. The van der Waals surface area contributed by atoms with Gasteiger partial charge in [0.15, 0.2) is 0 Å². The molecule has 0 atom stereocenters. The number of carbonyl (C=O) groups excluding carboxylic acids is 1. The van der Waals surface area contributed by atoms with E-state index >= 15 is 0 Å². The molecule has 1 aliphatic carbocycles. The van der Waals surface area contributed by atoms with Gasteiger partial charge in [-0.05, 0) is 36.5 Å². The molecule has 2 rings (SSSR count). The Balaban J connectivity index is 1.62. The summed E-state index contributed by atoms with van der Waals surface area (Å²) in [5.74, 6) is 1.06. The summed E-state index contributed by atoms with van der Waals surface area (Å²) < 4.78 is 0. The smallest absolute Gasteiger partial charge is 0.220 e. The molecular weight excluding hydrogens is 272 g/mol. The van der Waals surface area contributed by atoms with Gasteiger partial charge in [0.2, 0.25) is 5.91 Å². The summed E-state index contributed by atoms with van der Waals surface area (Å²) in [6.45, 7) is 0.635. The molecule has 0 bridgehead atoms. The van der Waals surface area contributed by atoms with E-state index in [-0.39, 0.29) is 5.91 Å². The lowest BCUT2D eigenvalue weighted by Crippen LogP contribution is -2.22. The first-order chi connectivity index (χ1) is 10.6. The van der Waals surface area contributed by atoms with Crippen LogP contribution in [-0.4, -0.2) is 20.0 Å². The van der Waals surface area contributed by atoms with Crippen LogP contribution < -0.4 is 10.2 Å². The van der Waals surface area contributed by atoms with Gasteiger partial charge in [0.05, 0.1) is 0 Å². The Labute approximate surface area is 135 Å². The van der Waals surface area contributed by atoms with Gasteiger partial charge in [-0.25, -0.2) is 0 Å². The van der Waals surface area contributed by atoms with Crippen LogP contribution >= 0.6 is 0 Å². The van der Waals surface area contributed by atoms with E-state index in [1.807, 2.05) is 14.1 Å². The van der Waals surface area contributed by atoms with Gasteiger partial charge in [-0.15, -0.1) is 0 Å². The van der Waals surface area contributed by atoms with Gasteiger partial charge in [0.1, 0.15) is 0 Å². The maximum absolute atomic E-state index is 11.9. The van der Waals surface area contributed by atoms with Crippen molar-refractivity contribution in [2.24, 2.45) is 5.92 Å². The van der Waals surface area contributed by atoms with Crippen LogP contribution in [0.4, 0.5) is 5.69 Å². The van der Waals surface area contributed by atoms with Crippen LogP contribution in [0.1, 0.15) is 56.9 Å². The largest absolute Gasteiger partial charge is 0.378 e. The summed E-state index contributed by atoms with van der Waals surface area (Å²) in [6.07, 6.45) is 9.87. The van der Waals surface area contributed by atoms with Gasteiger partial charge in [0, 0.05) is 32.7 Å². The third kappa shape index (κ3) is 5.70. The number of hydrogen-bond acceptors (Lipinski definition) is 2. The van der Waals surface area contributed by atoms with Gasteiger partial charge >= 0.3 is 0 Å². The zero-order valence-corrected chi connectivity index (χ0v) is 14.1. The summed E-state index contributed by atoms with van der Waals surface area (Å²) in [5, 5.41) is 3.03. The van der Waals surface area contributed by atoms with Gasteiger partial charge in [-0.2, -0.15) is 0 Å². The molecule has 1 fully saturated rings. The molecule has 0 heterocycles. The predicted octanol–water partition coefficient (Wildman–Crippen LogP) is 4.12. The van der Waals surface area contributed by atoms with Crippen LogP contribution in [0.25, 0.3) is 0 Å². The molecule has 0 unspecified atom stereocenters. The topological polar surface area (TPSA) is 32.3 Å². The highest BCUT2D eigenvalue weighted by molar-refractivity contribution is 5.75. The van der Waals surface area contributed by atoms with E-state index in [1.165, 1.54) is 44.2 Å². The number of nitrogens with one attached hydrogen (secondary N) is 1. The van der Waals surface area contributed by atoms with Crippen LogP contribution in [0.3, 0.4) is 0 Å². The first-order valence-electron chi connectivity index (χ1n) is 8.68. The second-order valence-electron chi connectivity index (χ2n) is 6.73. The lowest BCUT2D eigenvalue weighted by Gasteiger charge is -2.21. The van der Waals surface area contributed by atoms with E-state index in [2.05, 4.69) is 34.5 Å². The predicted molar refractivity (Wildman–Crippen MR) is 93.0 cm³/mol. The average molecular weight is 302 g/mol. The molecule has 122 valence electrons. The first-order valence-corrected chi connectivity index (χ1v) is 8.68. The second kappa shape index (κ2) is 8.82. The molecule has 0 radical (unpaired) electrons. The molecule has 0 saturated heterocycles. The van der Waals surface area contributed by atoms with Crippen molar-refractivity contribution in [2.75, 3.05) is 19.0 Å². The molecule has 1 amide bonds. The first kappa shape index (κ1) is 16.9. The Morgan fingerprint density at radius 2 is 1.82 bits per heavy atom. The minimum atomic E-state index is 0.187. The van der Waals surface area contributed by atoms with Crippen molar-refractivity contribution in [2.45, 2.75) is 57.9 Å². The Hall–Kier alpha value is -1.51. The number of anilines is 1. The molecule has 1 saturated carbocycles. The molecule has 0 aromatic heterocycles. The Morgan fingerprint density at radius 3 is 2.45 bits per heavy atom. The molecule has 0 spiro atoms. The van der Waals surface area contributed by atoms with Crippen molar-refractivity contribution in [3.8, 4) is 0 Å². The maximum atomic E-state index is 11.9. The summed E-state index contributed by atoms with van der Waals surface area (Å²) in [7, 11) is 4.06. The minimum Gasteiger partial charge on any atom is -0.378 e. The molecule has 1 aromatic rings. The highest BCUT2D eigenvalue weighted by Gasteiger charge is 2.13. The monoisotopic (exact) mass is 302 g/mol. The second-order valence-corrected chi connectivity index (χ2v) is 6.73. The van der Waals surface area contributed by atoms with Crippen molar-refractivity contribution in [3.05, 3.63) is 29.8 Å². The van der Waals surface area contributed by atoms with Crippen molar-refractivity contribution >= 4 is 11.6 Å². The third-order valence-corrected chi connectivity index (χ3v) is 4.68. The number of amides is 1. The highest BCUT2D eigenvalue weighted by Crippen LogP contribution is 2.27. The summed E-state index contributed by atoms with van der Waals surface area (Å²) >= 11 is 0. The summed E-state index contributed by atoms with van der Waals surface area (Å²) in [6, 6.07) is 8.34. The number of carbonyl (C=O) groups is 1. The van der Waals surface area contributed by atoms with Crippen LogP contribution in [0.15, 0.2) is 24.3 Å². The van der Waals surface area contributed by atoms with E-state index < -0.39 is 0 Å². The summed E-state index contributed by atoms with van der Waals surface area (Å²) in [5.41, 5.74) is 2.34. The maximum Gasteiger partial charge on any atom is 0.220 e. The van der Waals surface area contributed by atoms with Crippen LogP contribution in [0.2, 0.25) is 0 Å². The van der Waals surface area contributed by atoms with Crippen molar-refractivity contribution in [3.63, 3.8) is 0 Å². The number of benzene rings is 1. The molecule has 1 aliphatic rings. The van der Waals surface area contributed by atoms with Crippen molar-refractivity contribution in [1.29, 1.82) is 0 Å². The number of rotatable bonds is 7. The Bertz CT molecular complexity index is 447. The molecular formula is C19H30N2O. The standard InChI is InChI=1S/C19H30N2O/c1-21(2)18-13-11-17(12-14-18)15-20-19(22)10-6-9-16-7-4-3-5-8-16/h11-14,16H,3-10,15H2,1-2H3,(H,20,22). The number of hydrogen-bond donors (Lipinski definition) is 1. The van der Waals surface area contributed by atoms with E-state index in [9.17, 15) is 4.79 Å². The van der Waals surface area contributed by atoms with Gasteiger partial charge < -0.3 is 10.2 Å². The van der Waals surface area contributed by atoms with Crippen LogP contribution in [-0.2, 0) is 11.3 Å². The zero-order valence-electron chi connectivity index (χ0n) is 14.1. The fourth-order valence-electron chi connectivity index (χ4n) is 3.23. The summed E-state index contributed by atoms with van der Waals surface area (Å²) in [4.78, 5) is 14.0. The SMILES string of the molecule is CN(C)c1ccc(CNC(=O)CCCC2CCCCC2)cc1. The lowest BCUT2D eigenvalue weighted by molar-refractivity contribution is -0.121. The van der Waals surface area contributed by atoms with Gasteiger partial charge in [-0.3, -0.25) is 4.79 Å². The molecule has 1 aromatic carbocycles. The van der Waals surface area contributed by atoms with Crippen LogP contribution in [0, 0.1) is 5.92 Å². The van der Waals surface area contributed by atoms with E-state index in [0.29, 0.717) is 13.0 Å². The fourth-order valence-corrected chi connectivity index (χ4v) is 3.23. The Kier molecular flexibility index (Phi) is 6.75. The normalized spacial score (nSPS) is 15.5. The van der Waals surface area contributed by atoms with Gasteiger partial charge in [0.25, 0.3) is 0 Å². The average Bonchev–Trinajstić information content (AvgIpc) is 2.54. The fraction of sp³-hybridized carbons (Fsp3) is 0.632. The third-order valence-electron chi connectivity index (χ3n) is 4.68. The number of nitrogens with zero attached hydrogens (tertiary/aromatic N) is 1. The zero-order chi connectivity index (χ0) is 15.8. The minimum absolute atomic E-state index is 0.187. The van der Waals surface area contributed by atoms with Crippen molar-refractivity contribution in [1.82, 2.24) is 5.32 Å². The molecule has 0 aliphatic heterocycles. The molecule has 22 heavy (non-hydrogen) atoms. The van der Waals surface area contributed by atoms with E-state index in [1.54, 1.807) is 0 Å². The quantitative estimate of drug-likeness (QED) is 0.821. The molecule has 1 N–H and O–H groups in total. The lowest BCUT2D eigenvalue weighted by atomic mass is 9.86. The molecule has 3 heteroatoms. The van der Waals surface area contributed by atoms with E-state index in [4.69, 9.17) is 0 Å². The van der Waals surface area contributed by atoms with Gasteiger partial charge in [-0.1, -0.05) is 44.2 Å².